The lowest BCUT2D eigenvalue weighted by atomic mass is 10.1. The lowest BCUT2D eigenvalue weighted by Gasteiger charge is -2.27. The molecule has 0 aliphatic heterocycles. The number of aromatic amines is 1. The van der Waals surface area contributed by atoms with Gasteiger partial charge >= 0.3 is 12.1 Å². The van der Waals surface area contributed by atoms with E-state index in [1.807, 2.05) is 0 Å². The third-order valence-corrected chi connectivity index (χ3v) is 9.23. The topological polar surface area (TPSA) is 415 Å². The number of H-pyrrole nitrogens is 1. The number of imide groups is 1. The number of carboxylic acid groups (broad SMARTS) is 1. The van der Waals surface area contributed by atoms with Crippen molar-refractivity contribution in [3.63, 3.8) is 0 Å². The lowest BCUT2D eigenvalue weighted by molar-refractivity contribution is -0.151. The molecule has 28 nitrogen and oxygen atoms in total. The number of aliphatic imine (C=N–C) groups is 1. The van der Waals surface area contributed by atoms with Crippen LogP contribution in [0, 0.1) is 0 Å². The first-order valence-electron chi connectivity index (χ1n) is 19.6. The van der Waals surface area contributed by atoms with Crippen LogP contribution < -0.4 is 44.4 Å². The second-order valence-electron chi connectivity index (χ2n) is 14.0. The van der Waals surface area contributed by atoms with Crippen LogP contribution in [0.3, 0.4) is 0 Å². The molecule has 344 valence electrons. The summed E-state index contributed by atoms with van der Waals surface area (Å²) in [6.45, 7) is -3.70. The number of aromatic nitrogens is 8. The molecule has 0 radical (unpaired) electrons. The third-order valence-electron chi connectivity index (χ3n) is 9.23. The summed E-state index contributed by atoms with van der Waals surface area (Å²) in [4.78, 5) is 132. The summed E-state index contributed by atoms with van der Waals surface area (Å²) in [5.74, 6) is -6.18. The van der Waals surface area contributed by atoms with Gasteiger partial charge in [0.25, 0.3) is 5.56 Å². The predicted octanol–water partition coefficient (Wildman–Crippen LogP) is -3.64. The van der Waals surface area contributed by atoms with Crippen molar-refractivity contribution in [2.45, 2.75) is 45.0 Å². The molecule has 0 spiro atoms. The summed E-state index contributed by atoms with van der Waals surface area (Å²) < 4.78 is 7.71. The largest absolute Gasteiger partial charge is 0.480 e. The number of hydrogen-bond acceptors (Lipinski definition) is 17. The molecule has 6 amide bonds. The Hall–Kier alpha value is -8.72. The lowest BCUT2D eigenvalue weighted by Crippen LogP contribution is -2.51. The Kier molecular flexibility index (Phi) is 16.3. The third kappa shape index (κ3) is 13.6. The molecule has 1 aromatic carbocycles. The average Bonchev–Trinajstić information content (AvgIpc) is 3.87. The number of benzene rings is 1. The molecule has 4 aromatic heterocycles. The van der Waals surface area contributed by atoms with Crippen LogP contribution in [0.1, 0.15) is 24.8 Å². The number of ether oxygens (including phenoxy) is 1. The standard InChI is InChI=1S/C37H46N18O10/c38-30-28-31(46-18-45-30)53(19-47-28)14-25(58)52(12-11-44-37(64)65-17-21-5-2-1-3-6-21)15-26(59)55(27(60)16-54-20-48-29-32(54)50-36(41)51-33(29)61)13-24(57)42-10-8-23(56)49-22(34(62)63)7-4-9-43-35(39)40/h1-3,5-6,18-20,22H,4,7-17H2,(H,42,57)(H,44,64)(H,49,56)(H,62,63)(H2,38,45,46)(H4,39,40,43)(H3,41,50,51,61)/t22-/m0/s1. The second-order valence-corrected chi connectivity index (χ2v) is 14.0. The van der Waals surface area contributed by atoms with Gasteiger partial charge in [0, 0.05) is 32.6 Å². The first kappa shape index (κ1) is 47.3. The molecule has 5 aromatic rings. The Balaban J connectivity index is 1.31. The van der Waals surface area contributed by atoms with Gasteiger partial charge in [-0.3, -0.25) is 43.6 Å². The maximum atomic E-state index is 14.2. The van der Waals surface area contributed by atoms with Gasteiger partial charge in [0.15, 0.2) is 28.6 Å². The average molecular weight is 903 g/mol. The number of carbonyl (C=O) groups is 7. The second kappa shape index (κ2) is 22.4. The van der Waals surface area contributed by atoms with E-state index in [9.17, 15) is 43.5 Å². The van der Waals surface area contributed by atoms with Gasteiger partial charge in [-0.2, -0.15) is 4.98 Å². The van der Waals surface area contributed by atoms with Crippen molar-refractivity contribution in [3.05, 3.63) is 65.2 Å². The molecular weight excluding hydrogens is 857 g/mol. The van der Waals surface area contributed by atoms with E-state index in [-0.39, 0.29) is 85.7 Å². The Morgan fingerprint density at radius 2 is 1.55 bits per heavy atom. The van der Waals surface area contributed by atoms with Crippen LogP contribution in [-0.2, 0) is 53.2 Å². The van der Waals surface area contributed by atoms with E-state index in [1.54, 1.807) is 30.3 Å². The number of nitrogens with one attached hydrogen (secondary N) is 4. The van der Waals surface area contributed by atoms with Crippen LogP contribution in [0.15, 0.2) is 59.1 Å². The smallest absolute Gasteiger partial charge is 0.407 e. The number of amides is 6. The maximum Gasteiger partial charge on any atom is 0.407 e. The van der Waals surface area contributed by atoms with Crippen molar-refractivity contribution in [3.8, 4) is 0 Å². The summed E-state index contributed by atoms with van der Waals surface area (Å²) >= 11 is 0. The molecule has 65 heavy (non-hydrogen) atoms. The van der Waals surface area contributed by atoms with E-state index in [0.29, 0.717) is 10.5 Å². The van der Waals surface area contributed by atoms with Gasteiger partial charge in [-0.25, -0.2) is 29.5 Å². The minimum Gasteiger partial charge on any atom is -0.480 e. The van der Waals surface area contributed by atoms with Crippen molar-refractivity contribution in [2.75, 3.05) is 50.7 Å². The molecule has 1 atom stereocenters. The van der Waals surface area contributed by atoms with Gasteiger partial charge in [0.1, 0.15) is 50.7 Å². The van der Waals surface area contributed by atoms with Crippen LogP contribution in [0.2, 0.25) is 0 Å². The van der Waals surface area contributed by atoms with Crippen molar-refractivity contribution in [1.82, 2.24) is 64.8 Å². The van der Waals surface area contributed by atoms with Gasteiger partial charge in [0.2, 0.25) is 35.5 Å². The molecule has 0 saturated heterocycles. The van der Waals surface area contributed by atoms with E-state index < -0.39 is 85.8 Å². The number of anilines is 2. The number of hydrogen-bond donors (Lipinski definition) is 9. The highest BCUT2D eigenvalue weighted by atomic mass is 16.5. The number of nitrogens with two attached hydrogens (primary N) is 4. The first-order valence-corrected chi connectivity index (χ1v) is 19.6. The van der Waals surface area contributed by atoms with Crippen LogP contribution in [-0.4, -0.2) is 147 Å². The molecule has 0 fully saturated rings. The van der Waals surface area contributed by atoms with E-state index >= 15 is 0 Å². The van der Waals surface area contributed by atoms with Crippen LogP contribution in [0.5, 0.6) is 0 Å². The maximum absolute atomic E-state index is 14.2. The molecule has 13 N–H and O–H groups in total. The predicted molar refractivity (Wildman–Crippen MR) is 227 cm³/mol. The normalized spacial score (nSPS) is 11.3. The Morgan fingerprint density at radius 3 is 2.28 bits per heavy atom. The van der Waals surface area contributed by atoms with Crippen LogP contribution >= 0.6 is 0 Å². The zero-order valence-corrected chi connectivity index (χ0v) is 34.6. The molecule has 28 heteroatoms. The molecule has 5 rings (SSSR count). The van der Waals surface area contributed by atoms with Crippen LogP contribution in [0.25, 0.3) is 22.3 Å². The zero-order valence-electron chi connectivity index (χ0n) is 34.6. The van der Waals surface area contributed by atoms with E-state index in [2.05, 4.69) is 50.8 Å². The number of carboxylic acids is 1. The summed E-state index contributed by atoms with van der Waals surface area (Å²) in [5.41, 5.74) is 22.3. The number of fused-ring (bicyclic) bond motifs is 2. The fraction of sp³-hybridized carbons (Fsp3) is 0.351. The number of imidazole rings is 2. The Bertz CT molecular complexity index is 2620. The molecule has 0 aliphatic carbocycles. The van der Waals surface area contributed by atoms with Crippen molar-refractivity contribution in [2.24, 2.45) is 16.5 Å². The number of aliphatic carboxylic acids is 1. The van der Waals surface area contributed by atoms with Crippen LogP contribution in [0.4, 0.5) is 16.6 Å². The van der Waals surface area contributed by atoms with Gasteiger partial charge in [-0.1, -0.05) is 30.3 Å². The van der Waals surface area contributed by atoms with Gasteiger partial charge in [-0.15, -0.1) is 0 Å². The Labute approximate surface area is 366 Å². The molecule has 0 unspecified atom stereocenters. The van der Waals surface area contributed by atoms with Crippen molar-refractivity contribution in [1.29, 1.82) is 0 Å². The minimum atomic E-state index is -1.31. The highest BCUT2D eigenvalue weighted by Crippen LogP contribution is 2.15. The fourth-order valence-corrected chi connectivity index (χ4v) is 6.04. The number of nitrogens with zero attached hydrogens (tertiary/aromatic N) is 10. The molecule has 0 aliphatic rings. The monoisotopic (exact) mass is 902 g/mol. The Morgan fingerprint density at radius 1 is 0.846 bits per heavy atom. The molecule has 4 heterocycles. The fourth-order valence-electron chi connectivity index (χ4n) is 6.04. The number of nitrogen functional groups attached to an aromatic ring is 2. The van der Waals surface area contributed by atoms with Gasteiger partial charge in [-0.05, 0) is 18.4 Å². The molecule has 0 saturated carbocycles. The quantitative estimate of drug-likeness (QED) is 0.0184. The summed E-state index contributed by atoms with van der Waals surface area (Å²) in [7, 11) is 0. The minimum absolute atomic E-state index is 0.00192. The van der Waals surface area contributed by atoms with Crippen molar-refractivity contribution < 1.29 is 43.4 Å². The number of guanidine groups is 1. The zero-order chi connectivity index (χ0) is 47.0. The molecule has 0 bridgehead atoms. The summed E-state index contributed by atoms with van der Waals surface area (Å²) in [6.07, 6.45) is 2.57. The number of rotatable bonds is 22. The number of carbonyl (C=O) groups excluding carboxylic acids is 6. The van der Waals surface area contributed by atoms with E-state index in [1.165, 1.54) is 17.2 Å². The number of alkyl carbamates (subject to hydrolysis) is 1. The summed E-state index contributed by atoms with van der Waals surface area (Å²) in [6, 6.07) is 7.56. The SMILES string of the molecule is NC(N)=NCCC[C@H](NC(=O)CCNC(=O)CN(C(=O)CN(CCNC(=O)OCc1ccccc1)C(=O)Cn1cnc2c(N)ncnc21)C(=O)Cn1cnc2c(=O)[nH]c(N)nc21)C(=O)O. The summed E-state index contributed by atoms with van der Waals surface area (Å²) in [5, 5.41) is 16.8. The van der Waals surface area contributed by atoms with Gasteiger partial charge < -0.3 is 62.8 Å². The first-order chi connectivity index (χ1) is 31.1. The van der Waals surface area contributed by atoms with E-state index in [0.717, 1.165) is 15.8 Å². The molecular formula is C37H46N18O10. The van der Waals surface area contributed by atoms with Gasteiger partial charge in [0.05, 0.1) is 12.7 Å². The van der Waals surface area contributed by atoms with E-state index in [4.69, 9.17) is 27.7 Å². The highest BCUT2D eigenvalue weighted by molar-refractivity contribution is 6.01. The highest BCUT2D eigenvalue weighted by Gasteiger charge is 2.29. The van der Waals surface area contributed by atoms with Crippen molar-refractivity contribution >= 4 is 81.7 Å².